The molecule has 0 radical (unpaired) electrons. The zero-order valence-corrected chi connectivity index (χ0v) is 12.0. The molecule has 108 valence electrons. The lowest BCUT2D eigenvalue weighted by atomic mass is 10.2. The molecule has 1 aliphatic heterocycles. The van der Waals surface area contributed by atoms with E-state index in [1.54, 1.807) is 6.26 Å². The van der Waals surface area contributed by atoms with Crippen molar-refractivity contribution in [1.29, 1.82) is 0 Å². The van der Waals surface area contributed by atoms with Gasteiger partial charge in [-0.2, -0.15) is 0 Å². The van der Waals surface area contributed by atoms with Crippen LogP contribution in [0.15, 0.2) is 16.9 Å². The van der Waals surface area contributed by atoms with Gasteiger partial charge < -0.3 is 14.7 Å². The molecule has 2 rings (SSSR count). The van der Waals surface area contributed by atoms with Crippen LogP contribution in [-0.2, 0) is 6.54 Å². The lowest BCUT2D eigenvalue weighted by Gasteiger charge is -2.24. The first-order valence-electron chi connectivity index (χ1n) is 7.35. The Balaban J connectivity index is 1.81. The summed E-state index contributed by atoms with van der Waals surface area (Å²) in [7, 11) is 2.22. The van der Waals surface area contributed by atoms with Gasteiger partial charge in [-0.25, -0.2) is 0 Å². The van der Waals surface area contributed by atoms with Crippen molar-refractivity contribution in [3.05, 3.63) is 18.0 Å². The summed E-state index contributed by atoms with van der Waals surface area (Å²) in [6, 6.07) is 1.96. The molecule has 1 aliphatic rings. The van der Waals surface area contributed by atoms with Gasteiger partial charge in [-0.15, -0.1) is 0 Å². The van der Waals surface area contributed by atoms with E-state index in [-0.39, 0.29) is 0 Å². The van der Waals surface area contributed by atoms with E-state index in [4.69, 9.17) is 4.52 Å². The minimum Gasteiger partial charge on any atom is -0.364 e. The smallest absolute Gasteiger partial charge is 0.124 e. The van der Waals surface area contributed by atoms with Crippen LogP contribution in [0.3, 0.4) is 0 Å². The zero-order chi connectivity index (χ0) is 13.3. The van der Waals surface area contributed by atoms with Crippen LogP contribution in [0.2, 0.25) is 0 Å². The topological polar surface area (TPSA) is 44.5 Å². The fourth-order valence-corrected chi connectivity index (χ4v) is 2.52. The first-order valence-corrected chi connectivity index (χ1v) is 7.35. The molecule has 0 atom stereocenters. The molecule has 1 saturated heterocycles. The van der Waals surface area contributed by atoms with Crippen molar-refractivity contribution in [3.8, 4) is 0 Å². The van der Waals surface area contributed by atoms with Crippen molar-refractivity contribution >= 4 is 0 Å². The van der Waals surface area contributed by atoms with Crippen LogP contribution in [0.1, 0.15) is 25.0 Å². The molecule has 0 unspecified atom stereocenters. The van der Waals surface area contributed by atoms with Crippen molar-refractivity contribution in [1.82, 2.24) is 20.3 Å². The van der Waals surface area contributed by atoms with Gasteiger partial charge in [-0.1, -0.05) is 5.16 Å². The zero-order valence-electron chi connectivity index (χ0n) is 12.0. The lowest BCUT2D eigenvalue weighted by Crippen LogP contribution is -2.33. The molecular weight excluding hydrogens is 240 g/mol. The van der Waals surface area contributed by atoms with Gasteiger partial charge in [0.15, 0.2) is 0 Å². The summed E-state index contributed by atoms with van der Waals surface area (Å²) in [5.41, 5.74) is 1.04. The maximum absolute atomic E-state index is 4.91. The van der Waals surface area contributed by atoms with Crippen LogP contribution in [0, 0.1) is 0 Å². The Morgan fingerprint density at radius 3 is 2.68 bits per heavy atom. The van der Waals surface area contributed by atoms with E-state index in [1.165, 1.54) is 32.4 Å². The quantitative estimate of drug-likeness (QED) is 0.871. The molecule has 0 spiro atoms. The van der Waals surface area contributed by atoms with Crippen LogP contribution < -0.4 is 5.32 Å². The van der Waals surface area contributed by atoms with E-state index in [2.05, 4.69) is 27.3 Å². The molecule has 1 N–H and O–H groups in total. The maximum Gasteiger partial charge on any atom is 0.124 e. The second-order valence-corrected chi connectivity index (χ2v) is 5.38. The van der Waals surface area contributed by atoms with Gasteiger partial charge in [-0.3, -0.25) is 4.90 Å². The Bertz CT molecular complexity index is 328. The highest BCUT2D eigenvalue weighted by Crippen LogP contribution is 2.05. The fourth-order valence-electron chi connectivity index (χ4n) is 2.52. The van der Waals surface area contributed by atoms with Crippen LogP contribution in [0.25, 0.3) is 0 Å². The standard InChI is InChI=1S/C14H26N4O/c1-17-8-2-6-15-7-3-10-18(11-4-9-17)13-14-5-12-19-16-14/h5,12,15H,2-4,6-11,13H2,1H3. The molecular formula is C14H26N4O. The van der Waals surface area contributed by atoms with Crippen LogP contribution in [0.4, 0.5) is 0 Å². The van der Waals surface area contributed by atoms with E-state index in [9.17, 15) is 0 Å². The lowest BCUT2D eigenvalue weighted by molar-refractivity contribution is 0.224. The van der Waals surface area contributed by atoms with E-state index >= 15 is 0 Å². The molecule has 1 aromatic heterocycles. The predicted molar refractivity (Wildman–Crippen MR) is 76.0 cm³/mol. The van der Waals surface area contributed by atoms with Gasteiger partial charge in [0.25, 0.3) is 0 Å². The molecule has 0 amide bonds. The third-order valence-corrected chi connectivity index (χ3v) is 3.61. The third kappa shape index (κ3) is 5.72. The minimum absolute atomic E-state index is 0.903. The summed E-state index contributed by atoms with van der Waals surface area (Å²) in [5, 5.41) is 7.53. The molecule has 0 aromatic carbocycles. The number of nitrogens with zero attached hydrogens (tertiary/aromatic N) is 3. The number of aromatic nitrogens is 1. The fraction of sp³-hybridized carbons (Fsp3) is 0.786. The Labute approximate surface area is 115 Å². The molecule has 2 heterocycles. The van der Waals surface area contributed by atoms with Gasteiger partial charge in [0, 0.05) is 12.6 Å². The summed E-state index contributed by atoms with van der Waals surface area (Å²) in [6.07, 6.45) is 5.33. The van der Waals surface area contributed by atoms with Crippen molar-refractivity contribution in [3.63, 3.8) is 0 Å². The monoisotopic (exact) mass is 266 g/mol. The number of nitrogens with one attached hydrogen (secondary N) is 1. The average molecular weight is 266 g/mol. The average Bonchev–Trinajstić information content (AvgIpc) is 2.88. The third-order valence-electron chi connectivity index (χ3n) is 3.61. The molecule has 0 aliphatic carbocycles. The van der Waals surface area contributed by atoms with Gasteiger partial charge in [-0.05, 0) is 65.6 Å². The second-order valence-electron chi connectivity index (χ2n) is 5.38. The van der Waals surface area contributed by atoms with Crippen molar-refractivity contribution in [2.45, 2.75) is 25.8 Å². The molecule has 5 nitrogen and oxygen atoms in total. The van der Waals surface area contributed by atoms with Crippen LogP contribution >= 0.6 is 0 Å². The highest BCUT2D eigenvalue weighted by molar-refractivity contribution is 4.94. The minimum atomic E-state index is 0.903. The van der Waals surface area contributed by atoms with Crippen molar-refractivity contribution in [2.75, 3.05) is 46.3 Å². The first-order chi connectivity index (χ1) is 9.34. The summed E-state index contributed by atoms with van der Waals surface area (Å²) >= 11 is 0. The Morgan fingerprint density at radius 2 is 1.89 bits per heavy atom. The summed E-state index contributed by atoms with van der Waals surface area (Å²) in [5.74, 6) is 0. The Hall–Kier alpha value is -0.910. The Kier molecular flexibility index (Phi) is 6.33. The van der Waals surface area contributed by atoms with Gasteiger partial charge in [0.05, 0.1) is 5.69 Å². The largest absolute Gasteiger partial charge is 0.364 e. The van der Waals surface area contributed by atoms with Gasteiger partial charge in [0.1, 0.15) is 6.26 Å². The summed E-state index contributed by atoms with van der Waals surface area (Å²) in [4.78, 5) is 4.91. The first kappa shape index (κ1) is 14.5. The van der Waals surface area contributed by atoms with Gasteiger partial charge in [0.2, 0.25) is 0 Å². The number of rotatable bonds is 2. The molecule has 19 heavy (non-hydrogen) atoms. The molecule has 1 fully saturated rings. The van der Waals surface area contributed by atoms with E-state index < -0.39 is 0 Å². The SMILES string of the molecule is CN1CCCNCCCN(Cc2ccon2)CCC1. The van der Waals surface area contributed by atoms with Gasteiger partial charge >= 0.3 is 0 Å². The normalized spacial score (nSPS) is 21.7. The molecule has 5 heteroatoms. The highest BCUT2D eigenvalue weighted by Gasteiger charge is 2.09. The molecule has 0 bridgehead atoms. The van der Waals surface area contributed by atoms with Crippen LogP contribution in [0.5, 0.6) is 0 Å². The summed E-state index contributed by atoms with van der Waals surface area (Å²) in [6.45, 7) is 7.78. The van der Waals surface area contributed by atoms with E-state index in [0.717, 1.165) is 38.4 Å². The van der Waals surface area contributed by atoms with Crippen molar-refractivity contribution < 1.29 is 4.52 Å². The number of hydrogen-bond acceptors (Lipinski definition) is 5. The summed E-state index contributed by atoms with van der Waals surface area (Å²) < 4.78 is 4.91. The maximum atomic E-state index is 4.91. The number of hydrogen-bond donors (Lipinski definition) is 1. The Morgan fingerprint density at radius 1 is 1.16 bits per heavy atom. The molecule has 0 saturated carbocycles. The van der Waals surface area contributed by atoms with Crippen LogP contribution in [-0.4, -0.2) is 61.3 Å². The van der Waals surface area contributed by atoms with Crippen molar-refractivity contribution in [2.24, 2.45) is 0 Å². The predicted octanol–water partition coefficient (Wildman–Crippen LogP) is 1.18. The highest BCUT2D eigenvalue weighted by atomic mass is 16.5. The molecule has 1 aromatic rings. The van der Waals surface area contributed by atoms with E-state index in [1.807, 2.05) is 6.07 Å². The second kappa shape index (κ2) is 8.30. The van der Waals surface area contributed by atoms with E-state index in [0.29, 0.717) is 0 Å².